The highest BCUT2D eigenvalue weighted by Gasteiger charge is 2.24. The molecule has 0 aliphatic carbocycles. The molecule has 0 fully saturated rings. The highest BCUT2D eigenvalue weighted by atomic mass is 32.2. The van der Waals surface area contributed by atoms with E-state index in [-0.39, 0.29) is 10.3 Å². The highest BCUT2D eigenvalue weighted by molar-refractivity contribution is 7.89. The van der Waals surface area contributed by atoms with Gasteiger partial charge in [0, 0.05) is 0 Å². The number of amides is 1. The van der Waals surface area contributed by atoms with Gasteiger partial charge in [-0.1, -0.05) is 32.9 Å². The van der Waals surface area contributed by atoms with Crippen molar-refractivity contribution >= 4 is 21.9 Å². The molecule has 0 saturated carbocycles. The van der Waals surface area contributed by atoms with Crippen LogP contribution in [0.5, 0.6) is 0 Å². The zero-order chi connectivity index (χ0) is 17.8. The maximum Gasteiger partial charge on any atom is 0.324 e. The van der Waals surface area contributed by atoms with Crippen molar-refractivity contribution in [3.63, 3.8) is 0 Å². The molecular formula is C15H22N2O5S. The summed E-state index contributed by atoms with van der Waals surface area (Å²) in [6, 6.07) is 5.27. The van der Waals surface area contributed by atoms with E-state index in [9.17, 15) is 18.0 Å². The average Bonchev–Trinajstić information content (AvgIpc) is 2.43. The minimum absolute atomic E-state index is 0.0417. The van der Waals surface area contributed by atoms with Gasteiger partial charge >= 0.3 is 5.97 Å². The van der Waals surface area contributed by atoms with Gasteiger partial charge in [0.05, 0.1) is 4.90 Å². The standard InChI is InChI=1S/C15H22N2O5S/c1-10(14(19)22-9-13(16)18)17-23(20,21)12-7-5-11(6-8-12)15(2,3)4/h5-8,10,17H,9H2,1-4H3,(H2,16,18)/t10-/m0/s1. The fourth-order valence-corrected chi connectivity index (χ4v) is 2.94. The van der Waals surface area contributed by atoms with Gasteiger partial charge in [0.1, 0.15) is 6.04 Å². The normalized spacial score (nSPS) is 13.4. The van der Waals surface area contributed by atoms with Crippen molar-refractivity contribution < 1.29 is 22.7 Å². The quantitative estimate of drug-likeness (QED) is 0.738. The van der Waals surface area contributed by atoms with E-state index in [4.69, 9.17) is 5.73 Å². The van der Waals surface area contributed by atoms with Crippen LogP contribution in [-0.2, 0) is 29.8 Å². The van der Waals surface area contributed by atoms with Crippen LogP contribution >= 0.6 is 0 Å². The predicted molar refractivity (Wildman–Crippen MR) is 85.1 cm³/mol. The SMILES string of the molecule is C[C@H](NS(=O)(=O)c1ccc(C(C)(C)C)cc1)C(=O)OCC(N)=O. The summed E-state index contributed by atoms with van der Waals surface area (Å²) >= 11 is 0. The number of benzene rings is 1. The van der Waals surface area contributed by atoms with Gasteiger partial charge in [-0.15, -0.1) is 0 Å². The maximum atomic E-state index is 12.2. The lowest BCUT2D eigenvalue weighted by atomic mass is 9.87. The highest BCUT2D eigenvalue weighted by Crippen LogP contribution is 2.23. The van der Waals surface area contributed by atoms with Crippen molar-refractivity contribution in [3.8, 4) is 0 Å². The Kier molecular flexibility index (Phi) is 5.90. The molecule has 0 aliphatic heterocycles. The lowest BCUT2D eigenvalue weighted by molar-refractivity contribution is -0.149. The van der Waals surface area contributed by atoms with E-state index in [1.165, 1.54) is 19.1 Å². The summed E-state index contributed by atoms with van der Waals surface area (Å²) in [6.07, 6.45) is 0. The maximum absolute atomic E-state index is 12.2. The number of sulfonamides is 1. The number of rotatable bonds is 6. The average molecular weight is 342 g/mol. The van der Waals surface area contributed by atoms with Gasteiger partial charge < -0.3 is 10.5 Å². The zero-order valence-corrected chi connectivity index (χ0v) is 14.4. The number of ether oxygens (including phenoxy) is 1. The van der Waals surface area contributed by atoms with Gasteiger partial charge in [-0.25, -0.2) is 8.42 Å². The molecule has 1 aromatic carbocycles. The van der Waals surface area contributed by atoms with Crippen molar-refractivity contribution in [1.82, 2.24) is 4.72 Å². The molecule has 3 N–H and O–H groups in total. The van der Waals surface area contributed by atoms with E-state index in [2.05, 4.69) is 9.46 Å². The Labute approximate surface area is 136 Å². The Bertz CT molecular complexity index is 675. The van der Waals surface area contributed by atoms with E-state index in [0.29, 0.717) is 0 Å². The van der Waals surface area contributed by atoms with E-state index >= 15 is 0 Å². The van der Waals surface area contributed by atoms with E-state index in [0.717, 1.165) is 5.56 Å². The van der Waals surface area contributed by atoms with Crippen LogP contribution < -0.4 is 10.5 Å². The number of hydrogen-bond donors (Lipinski definition) is 2. The molecule has 0 saturated heterocycles. The molecule has 0 heterocycles. The molecule has 0 radical (unpaired) electrons. The van der Waals surface area contributed by atoms with E-state index in [1.54, 1.807) is 12.1 Å². The second-order valence-electron chi connectivity index (χ2n) is 6.19. The largest absolute Gasteiger partial charge is 0.454 e. The molecule has 23 heavy (non-hydrogen) atoms. The predicted octanol–water partition coefficient (Wildman–Crippen LogP) is 0.679. The number of esters is 1. The van der Waals surface area contributed by atoms with Crippen molar-refractivity contribution in [2.45, 2.75) is 44.0 Å². The zero-order valence-electron chi connectivity index (χ0n) is 13.6. The molecule has 1 amide bonds. The molecule has 0 aliphatic rings. The summed E-state index contributed by atoms with van der Waals surface area (Å²) in [5.41, 5.74) is 5.75. The Balaban J connectivity index is 2.83. The first-order chi connectivity index (χ1) is 10.4. The number of hydrogen-bond acceptors (Lipinski definition) is 5. The second kappa shape index (κ2) is 7.10. The van der Waals surface area contributed by atoms with Crippen LogP contribution in [0.15, 0.2) is 29.2 Å². The summed E-state index contributed by atoms with van der Waals surface area (Å²) in [7, 11) is -3.87. The number of carbonyl (C=O) groups is 2. The first kappa shape index (κ1) is 19.1. The number of primary amides is 1. The first-order valence-corrected chi connectivity index (χ1v) is 8.49. The molecular weight excluding hydrogens is 320 g/mol. The van der Waals surface area contributed by atoms with Gasteiger partial charge in [-0.2, -0.15) is 4.72 Å². The number of nitrogens with two attached hydrogens (primary N) is 1. The molecule has 0 bridgehead atoms. The van der Waals surface area contributed by atoms with Gasteiger partial charge in [0.15, 0.2) is 6.61 Å². The third kappa shape index (κ3) is 5.65. The molecule has 0 unspecified atom stereocenters. The van der Waals surface area contributed by atoms with Gasteiger partial charge in [-0.3, -0.25) is 9.59 Å². The lowest BCUT2D eigenvalue weighted by Crippen LogP contribution is -2.40. The monoisotopic (exact) mass is 342 g/mol. The first-order valence-electron chi connectivity index (χ1n) is 7.01. The Morgan fingerprint density at radius 2 is 1.74 bits per heavy atom. The molecule has 128 valence electrons. The Morgan fingerprint density at radius 3 is 2.17 bits per heavy atom. The van der Waals surface area contributed by atoms with Crippen LogP contribution in [0.4, 0.5) is 0 Å². The molecule has 1 rings (SSSR count). The van der Waals surface area contributed by atoms with Crippen LogP contribution in [-0.4, -0.2) is 32.9 Å². The molecule has 1 atom stereocenters. The van der Waals surface area contributed by atoms with Crippen LogP contribution in [0.25, 0.3) is 0 Å². The summed E-state index contributed by atoms with van der Waals surface area (Å²) in [6.45, 7) is 6.79. The number of nitrogens with one attached hydrogen (secondary N) is 1. The van der Waals surface area contributed by atoms with Gasteiger partial charge in [0.25, 0.3) is 5.91 Å². The van der Waals surface area contributed by atoms with Gasteiger partial charge in [-0.05, 0) is 30.0 Å². The van der Waals surface area contributed by atoms with Crippen molar-refractivity contribution in [3.05, 3.63) is 29.8 Å². The van der Waals surface area contributed by atoms with E-state index in [1.807, 2.05) is 20.8 Å². The molecule has 7 nitrogen and oxygen atoms in total. The van der Waals surface area contributed by atoms with E-state index < -0.39 is 34.5 Å². The van der Waals surface area contributed by atoms with Crippen molar-refractivity contribution in [1.29, 1.82) is 0 Å². The molecule has 1 aromatic rings. The van der Waals surface area contributed by atoms with Crippen molar-refractivity contribution in [2.75, 3.05) is 6.61 Å². The smallest absolute Gasteiger partial charge is 0.324 e. The summed E-state index contributed by atoms with van der Waals surface area (Å²) < 4.78 is 31.2. The van der Waals surface area contributed by atoms with Crippen LogP contribution in [0.2, 0.25) is 0 Å². The Hall–Kier alpha value is -1.93. The summed E-state index contributed by atoms with van der Waals surface area (Å²) in [5.74, 6) is -1.69. The number of carbonyl (C=O) groups excluding carboxylic acids is 2. The Morgan fingerprint density at radius 1 is 1.22 bits per heavy atom. The molecule has 0 spiro atoms. The third-order valence-electron chi connectivity index (χ3n) is 3.07. The third-order valence-corrected chi connectivity index (χ3v) is 4.63. The van der Waals surface area contributed by atoms with Crippen LogP contribution in [0.1, 0.15) is 33.3 Å². The van der Waals surface area contributed by atoms with Crippen molar-refractivity contribution in [2.24, 2.45) is 5.73 Å². The van der Waals surface area contributed by atoms with Gasteiger partial charge in [0.2, 0.25) is 10.0 Å². The molecule has 0 aromatic heterocycles. The van der Waals surface area contributed by atoms with Crippen LogP contribution in [0, 0.1) is 0 Å². The lowest BCUT2D eigenvalue weighted by Gasteiger charge is -2.19. The minimum Gasteiger partial charge on any atom is -0.454 e. The molecule has 8 heteroatoms. The topological polar surface area (TPSA) is 116 Å². The fraction of sp³-hybridized carbons (Fsp3) is 0.467. The second-order valence-corrected chi connectivity index (χ2v) is 7.91. The summed E-state index contributed by atoms with van der Waals surface area (Å²) in [4.78, 5) is 22.2. The van der Waals surface area contributed by atoms with Crippen LogP contribution in [0.3, 0.4) is 0 Å². The minimum atomic E-state index is -3.87. The summed E-state index contributed by atoms with van der Waals surface area (Å²) in [5, 5.41) is 0. The fourth-order valence-electron chi connectivity index (χ4n) is 1.75.